The number of rotatable bonds is 9. The number of guanidine groups is 1. The van der Waals surface area contributed by atoms with Gasteiger partial charge >= 0.3 is 0 Å². The number of nitrogens with zero attached hydrogens (tertiary/aromatic N) is 2. The van der Waals surface area contributed by atoms with Crippen LogP contribution in [0.25, 0.3) is 0 Å². The summed E-state index contributed by atoms with van der Waals surface area (Å²) in [5, 5.41) is 6.74. The van der Waals surface area contributed by atoms with Gasteiger partial charge in [0.1, 0.15) is 0 Å². The second-order valence-electron chi connectivity index (χ2n) is 5.10. The van der Waals surface area contributed by atoms with Crippen molar-refractivity contribution in [3.05, 3.63) is 35.9 Å². The highest BCUT2D eigenvalue weighted by Crippen LogP contribution is 1.97. The van der Waals surface area contributed by atoms with Crippen LogP contribution in [0.5, 0.6) is 0 Å². The second kappa shape index (κ2) is 13.8. The minimum Gasteiger partial charge on any atom is -0.356 e. The highest BCUT2D eigenvalue weighted by molar-refractivity contribution is 14.0. The van der Waals surface area contributed by atoms with E-state index in [1.807, 2.05) is 13.1 Å². The first-order valence-corrected chi connectivity index (χ1v) is 8.01. The zero-order valence-electron chi connectivity index (χ0n) is 14.1. The molecule has 0 saturated carbocycles. The van der Waals surface area contributed by atoms with Crippen molar-refractivity contribution in [2.24, 2.45) is 4.99 Å². The highest BCUT2D eigenvalue weighted by atomic mass is 127. The Kier molecular flexibility index (Phi) is 13.3. The average Bonchev–Trinajstić information content (AvgIpc) is 2.53. The lowest BCUT2D eigenvalue weighted by molar-refractivity contribution is 0.293. The van der Waals surface area contributed by atoms with Gasteiger partial charge < -0.3 is 15.5 Å². The van der Waals surface area contributed by atoms with E-state index >= 15 is 0 Å². The first-order valence-electron chi connectivity index (χ1n) is 8.01. The molecule has 0 aliphatic carbocycles. The maximum Gasteiger partial charge on any atom is 0.191 e. The smallest absolute Gasteiger partial charge is 0.191 e. The Bertz CT molecular complexity index is 395. The summed E-state index contributed by atoms with van der Waals surface area (Å²) in [6, 6.07) is 10.5. The molecule has 0 spiro atoms. The quantitative estimate of drug-likeness (QED) is 0.368. The number of nitrogens with one attached hydrogen (secondary N) is 2. The van der Waals surface area contributed by atoms with Gasteiger partial charge in [0.25, 0.3) is 0 Å². The van der Waals surface area contributed by atoms with Crippen molar-refractivity contribution in [2.45, 2.75) is 26.7 Å². The Morgan fingerprint density at radius 2 is 1.73 bits per heavy atom. The van der Waals surface area contributed by atoms with Crippen LogP contribution < -0.4 is 10.6 Å². The third-order valence-corrected chi connectivity index (χ3v) is 3.48. The lowest BCUT2D eigenvalue weighted by Gasteiger charge is -2.20. The van der Waals surface area contributed by atoms with Gasteiger partial charge in [0.2, 0.25) is 0 Å². The molecule has 0 saturated heterocycles. The van der Waals surface area contributed by atoms with Crippen LogP contribution in [0.1, 0.15) is 25.8 Å². The van der Waals surface area contributed by atoms with E-state index in [1.54, 1.807) is 0 Å². The molecule has 22 heavy (non-hydrogen) atoms. The third kappa shape index (κ3) is 9.25. The molecule has 0 amide bonds. The average molecular weight is 418 g/mol. The molecule has 2 N–H and O–H groups in total. The van der Waals surface area contributed by atoms with E-state index in [2.05, 4.69) is 58.6 Å². The van der Waals surface area contributed by atoms with Crippen LogP contribution in [0, 0.1) is 0 Å². The van der Waals surface area contributed by atoms with Crippen LogP contribution >= 0.6 is 24.0 Å². The van der Waals surface area contributed by atoms with Gasteiger partial charge in [0.15, 0.2) is 5.96 Å². The first kappa shape index (κ1) is 21.2. The summed E-state index contributed by atoms with van der Waals surface area (Å²) in [6.07, 6.45) is 2.22. The standard InChI is InChI=1S/C17H30N4.HI/c1-4-14-21(5-2)15-13-20-17(18-3)19-12-11-16-9-7-6-8-10-16;/h6-10H,4-5,11-15H2,1-3H3,(H2,18,19,20);1H. The van der Waals surface area contributed by atoms with E-state index in [-0.39, 0.29) is 24.0 Å². The summed E-state index contributed by atoms with van der Waals surface area (Å²) < 4.78 is 0. The summed E-state index contributed by atoms with van der Waals surface area (Å²) in [7, 11) is 1.82. The second-order valence-corrected chi connectivity index (χ2v) is 5.10. The van der Waals surface area contributed by atoms with Crippen LogP contribution in [0.3, 0.4) is 0 Å². The molecule has 1 aromatic rings. The first-order chi connectivity index (χ1) is 10.3. The van der Waals surface area contributed by atoms with Crippen molar-refractivity contribution in [1.29, 1.82) is 0 Å². The van der Waals surface area contributed by atoms with E-state index in [0.29, 0.717) is 0 Å². The summed E-state index contributed by atoms with van der Waals surface area (Å²) >= 11 is 0. The molecule has 0 aliphatic rings. The molecule has 1 aromatic carbocycles. The van der Waals surface area contributed by atoms with Crippen molar-refractivity contribution in [1.82, 2.24) is 15.5 Å². The van der Waals surface area contributed by atoms with Crippen LogP contribution in [-0.4, -0.2) is 50.6 Å². The van der Waals surface area contributed by atoms with Gasteiger partial charge in [-0.1, -0.05) is 44.2 Å². The topological polar surface area (TPSA) is 39.7 Å². The Morgan fingerprint density at radius 3 is 2.32 bits per heavy atom. The number of aliphatic imine (C=N–C) groups is 1. The molecule has 0 aliphatic heterocycles. The van der Waals surface area contributed by atoms with Gasteiger partial charge in [-0.25, -0.2) is 0 Å². The fourth-order valence-electron chi connectivity index (χ4n) is 2.27. The predicted octanol–water partition coefficient (Wildman–Crippen LogP) is 2.74. The highest BCUT2D eigenvalue weighted by Gasteiger charge is 2.01. The fourth-order valence-corrected chi connectivity index (χ4v) is 2.27. The number of hydrogen-bond acceptors (Lipinski definition) is 2. The zero-order valence-corrected chi connectivity index (χ0v) is 16.5. The van der Waals surface area contributed by atoms with Gasteiger partial charge in [-0.15, -0.1) is 24.0 Å². The Morgan fingerprint density at radius 1 is 1.05 bits per heavy atom. The lowest BCUT2D eigenvalue weighted by atomic mass is 10.1. The van der Waals surface area contributed by atoms with Crippen LogP contribution in [0.15, 0.2) is 35.3 Å². The molecule has 0 heterocycles. The summed E-state index contributed by atoms with van der Waals surface area (Å²) in [6.45, 7) is 9.59. The fraction of sp³-hybridized carbons (Fsp3) is 0.588. The van der Waals surface area contributed by atoms with Crippen LogP contribution in [0.2, 0.25) is 0 Å². The molecule has 5 heteroatoms. The van der Waals surface area contributed by atoms with Gasteiger partial charge in [-0.2, -0.15) is 0 Å². The zero-order chi connectivity index (χ0) is 15.3. The van der Waals surface area contributed by atoms with E-state index in [4.69, 9.17) is 0 Å². The number of halogens is 1. The molecular weight excluding hydrogens is 387 g/mol. The van der Waals surface area contributed by atoms with E-state index in [1.165, 1.54) is 12.0 Å². The lowest BCUT2D eigenvalue weighted by Crippen LogP contribution is -2.42. The van der Waals surface area contributed by atoms with Crippen molar-refractivity contribution >= 4 is 29.9 Å². The summed E-state index contributed by atoms with van der Waals surface area (Å²) in [5.41, 5.74) is 1.35. The minimum absolute atomic E-state index is 0. The third-order valence-electron chi connectivity index (χ3n) is 3.48. The number of likely N-dealkylation sites (N-methyl/N-ethyl adjacent to an activating group) is 1. The number of hydrogen-bond donors (Lipinski definition) is 2. The van der Waals surface area contributed by atoms with E-state index in [0.717, 1.165) is 45.1 Å². The monoisotopic (exact) mass is 418 g/mol. The molecular formula is C17H31IN4. The van der Waals surface area contributed by atoms with Gasteiger partial charge in [-0.3, -0.25) is 4.99 Å². The molecule has 126 valence electrons. The summed E-state index contributed by atoms with van der Waals surface area (Å²) in [4.78, 5) is 6.71. The Balaban J connectivity index is 0.00000441. The van der Waals surface area contributed by atoms with Gasteiger partial charge in [0, 0.05) is 26.7 Å². The molecule has 0 unspecified atom stereocenters. The van der Waals surface area contributed by atoms with Crippen molar-refractivity contribution < 1.29 is 0 Å². The maximum atomic E-state index is 4.26. The van der Waals surface area contributed by atoms with Crippen LogP contribution in [-0.2, 0) is 6.42 Å². The van der Waals surface area contributed by atoms with E-state index < -0.39 is 0 Å². The maximum absolute atomic E-state index is 4.26. The predicted molar refractivity (Wildman–Crippen MR) is 107 cm³/mol. The van der Waals surface area contributed by atoms with E-state index in [9.17, 15) is 0 Å². The van der Waals surface area contributed by atoms with Gasteiger partial charge in [-0.05, 0) is 31.5 Å². The molecule has 4 nitrogen and oxygen atoms in total. The molecule has 0 aromatic heterocycles. The SMILES string of the molecule is CCCN(CC)CCNC(=NC)NCCc1ccccc1.I. The molecule has 1 rings (SSSR count). The largest absolute Gasteiger partial charge is 0.356 e. The molecule has 0 bridgehead atoms. The Labute approximate surface area is 152 Å². The minimum atomic E-state index is 0. The summed E-state index contributed by atoms with van der Waals surface area (Å²) in [5.74, 6) is 0.887. The molecule has 0 radical (unpaired) electrons. The molecule has 0 atom stereocenters. The Hall–Kier alpha value is -0.820. The van der Waals surface area contributed by atoms with Crippen molar-refractivity contribution in [3.8, 4) is 0 Å². The van der Waals surface area contributed by atoms with Gasteiger partial charge in [0.05, 0.1) is 0 Å². The molecule has 0 fully saturated rings. The normalized spacial score (nSPS) is 11.2. The van der Waals surface area contributed by atoms with Crippen LogP contribution in [0.4, 0.5) is 0 Å². The van der Waals surface area contributed by atoms with Crippen molar-refractivity contribution in [3.63, 3.8) is 0 Å². The van der Waals surface area contributed by atoms with Crippen molar-refractivity contribution in [2.75, 3.05) is 39.8 Å². The number of benzene rings is 1.